The van der Waals surface area contributed by atoms with Crippen LogP contribution in [0.25, 0.3) is 0 Å². The summed E-state index contributed by atoms with van der Waals surface area (Å²) in [6.45, 7) is -0.118. The molecule has 0 aliphatic heterocycles. The number of nitrogens with one attached hydrogen (secondary N) is 1. The van der Waals surface area contributed by atoms with E-state index >= 15 is 0 Å². The van der Waals surface area contributed by atoms with Crippen LogP contribution >= 0.6 is 0 Å². The lowest BCUT2D eigenvalue weighted by Gasteiger charge is -2.03. The molecule has 0 rings (SSSR count). The molecule has 11 nitrogen and oxygen atoms in total. The maximum absolute atomic E-state index is 10.2. The molecule has 0 fully saturated rings. The molecule has 0 heterocycles. The quantitative estimate of drug-likeness (QED) is 0.135. The van der Waals surface area contributed by atoms with E-state index in [-0.39, 0.29) is 19.0 Å². The zero-order valence-corrected chi connectivity index (χ0v) is 11.5. The smallest absolute Gasteiger partial charge is 0.322 e. The molecule has 0 aliphatic carbocycles. The number of nitrogens with two attached hydrogens (primary N) is 4. The highest BCUT2D eigenvalue weighted by atomic mass is 16.4. The average molecular weight is 306 g/mol. The predicted molar refractivity (Wildman–Crippen MR) is 75.2 cm³/mol. The first-order valence-electron chi connectivity index (χ1n) is 5.93. The van der Waals surface area contributed by atoms with Crippen molar-refractivity contribution < 1.29 is 24.6 Å². The molecule has 0 unspecified atom stereocenters. The first kappa shape index (κ1) is 20.9. The Bertz CT molecular complexity index is 369. The Labute approximate surface area is 121 Å². The first-order chi connectivity index (χ1) is 9.70. The largest absolute Gasteiger partial charge is 0.480 e. The summed E-state index contributed by atoms with van der Waals surface area (Å²) in [6, 6.07) is -0.820. The Morgan fingerprint density at radius 2 is 1.76 bits per heavy atom. The fourth-order valence-electron chi connectivity index (χ4n) is 0.889. The van der Waals surface area contributed by atoms with Crippen molar-refractivity contribution in [1.82, 2.24) is 5.32 Å². The zero-order valence-electron chi connectivity index (χ0n) is 11.5. The molecule has 21 heavy (non-hydrogen) atoms. The van der Waals surface area contributed by atoms with Gasteiger partial charge in [0.25, 0.3) is 0 Å². The van der Waals surface area contributed by atoms with Crippen molar-refractivity contribution in [3.63, 3.8) is 0 Å². The first-order valence-corrected chi connectivity index (χ1v) is 5.93. The van der Waals surface area contributed by atoms with Gasteiger partial charge in [-0.1, -0.05) is 0 Å². The monoisotopic (exact) mass is 306 g/mol. The van der Waals surface area contributed by atoms with Gasteiger partial charge in [-0.2, -0.15) is 0 Å². The Kier molecular flexibility index (Phi) is 12.6. The Morgan fingerprint density at radius 3 is 2.14 bits per heavy atom. The predicted octanol–water partition coefficient (Wildman–Crippen LogP) is -3.40. The van der Waals surface area contributed by atoms with Gasteiger partial charge in [0.2, 0.25) is 5.91 Å². The van der Waals surface area contributed by atoms with E-state index in [4.69, 9.17) is 33.1 Å². The number of rotatable bonds is 8. The second-order valence-electron chi connectivity index (χ2n) is 3.77. The molecule has 11 N–H and O–H groups in total. The van der Waals surface area contributed by atoms with Crippen molar-refractivity contribution in [2.24, 2.45) is 27.9 Å². The van der Waals surface area contributed by atoms with Crippen molar-refractivity contribution in [2.75, 3.05) is 19.6 Å². The minimum absolute atomic E-state index is 0.0129. The zero-order chi connectivity index (χ0) is 16.8. The molecule has 0 radical (unpaired) electrons. The summed E-state index contributed by atoms with van der Waals surface area (Å²) in [4.78, 5) is 33.9. The number of amides is 1. The number of guanidine groups is 1. The molecule has 0 aliphatic rings. The second-order valence-corrected chi connectivity index (χ2v) is 3.77. The molecule has 0 bridgehead atoms. The lowest BCUT2D eigenvalue weighted by molar-refractivity contribution is -0.139. The Morgan fingerprint density at radius 1 is 1.19 bits per heavy atom. The number of aliphatic imine (C=N–C) groups is 1. The SMILES string of the molecule is NC(N)=NCCC[C@H](N)C(=O)O.NCC(=O)NCC(=O)O. The average Bonchev–Trinajstić information content (AvgIpc) is 2.40. The molecule has 0 saturated heterocycles. The number of nitrogens with zero attached hydrogens (tertiary/aromatic N) is 1. The van der Waals surface area contributed by atoms with Crippen LogP contribution in [0, 0.1) is 0 Å². The minimum Gasteiger partial charge on any atom is -0.480 e. The number of carbonyl (C=O) groups excluding carboxylic acids is 1. The van der Waals surface area contributed by atoms with Gasteiger partial charge in [0.1, 0.15) is 12.6 Å². The lowest BCUT2D eigenvalue weighted by Crippen LogP contribution is -2.34. The van der Waals surface area contributed by atoms with E-state index in [9.17, 15) is 14.4 Å². The van der Waals surface area contributed by atoms with Crippen LogP contribution in [-0.2, 0) is 14.4 Å². The lowest BCUT2D eigenvalue weighted by atomic mass is 10.2. The molecule has 0 spiro atoms. The van der Waals surface area contributed by atoms with E-state index in [1.165, 1.54) is 0 Å². The fraction of sp³-hybridized carbons (Fsp3) is 0.600. The van der Waals surface area contributed by atoms with E-state index in [0.717, 1.165) is 0 Å². The van der Waals surface area contributed by atoms with E-state index in [0.29, 0.717) is 19.4 Å². The van der Waals surface area contributed by atoms with Crippen LogP contribution in [0.4, 0.5) is 0 Å². The summed E-state index contributed by atoms with van der Waals surface area (Å²) in [6.07, 6.45) is 0.956. The summed E-state index contributed by atoms with van der Waals surface area (Å²) in [5.74, 6) is -2.52. The van der Waals surface area contributed by atoms with Crippen LogP contribution in [0.1, 0.15) is 12.8 Å². The molecular weight excluding hydrogens is 284 g/mol. The minimum atomic E-state index is -1.07. The number of carboxylic acid groups (broad SMARTS) is 2. The summed E-state index contributed by atoms with van der Waals surface area (Å²) < 4.78 is 0. The van der Waals surface area contributed by atoms with Crippen molar-refractivity contribution in [2.45, 2.75) is 18.9 Å². The van der Waals surface area contributed by atoms with Gasteiger partial charge in [-0.3, -0.25) is 19.4 Å². The van der Waals surface area contributed by atoms with Gasteiger partial charge in [-0.25, -0.2) is 0 Å². The van der Waals surface area contributed by atoms with Gasteiger partial charge in [0.05, 0.1) is 6.54 Å². The van der Waals surface area contributed by atoms with Crippen LogP contribution < -0.4 is 28.3 Å². The summed E-state index contributed by atoms with van der Waals surface area (Å²) in [5.41, 5.74) is 20.2. The van der Waals surface area contributed by atoms with E-state index < -0.39 is 23.9 Å². The highest BCUT2D eigenvalue weighted by Crippen LogP contribution is 1.94. The van der Waals surface area contributed by atoms with Crippen molar-refractivity contribution in [3.05, 3.63) is 0 Å². The third-order valence-electron chi connectivity index (χ3n) is 1.91. The number of carbonyl (C=O) groups is 3. The highest BCUT2D eigenvalue weighted by Gasteiger charge is 2.09. The fourth-order valence-corrected chi connectivity index (χ4v) is 0.889. The van der Waals surface area contributed by atoms with E-state index in [1.807, 2.05) is 0 Å². The van der Waals surface area contributed by atoms with Gasteiger partial charge in [0, 0.05) is 6.54 Å². The molecule has 0 aromatic heterocycles. The third kappa shape index (κ3) is 17.6. The molecule has 0 aromatic rings. The van der Waals surface area contributed by atoms with E-state index in [2.05, 4.69) is 10.3 Å². The topological polar surface area (TPSA) is 220 Å². The van der Waals surface area contributed by atoms with Gasteiger partial charge < -0.3 is 38.5 Å². The maximum atomic E-state index is 10.2. The second kappa shape index (κ2) is 12.6. The summed E-state index contributed by atoms with van der Waals surface area (Å²) in [5, 5.41) is 18.5. The Hall–Kier alpha value is -2.40. The van der Waals surface area contributed by atoms with Gasteiger partial charge >= 0.3 is 11.9 Å². The molecular formula is C10H22N6O5. The molecule has 0 saturated carbocycles. The van der Waals surface area contributed by atoms with Crippen LogP contribution in [0.5, 0.6) is 0 Å². The Balaban J connectivity index is 0. The van der Waals surface area contributed by atoms with Crippen LogP contribution in [-0.4, -0.2) is 59.7 Å². The number of hydrogen-bond acceptors (Lipinski definition) is 6. The van der Waals surface area contributed by atoms with Gasteiger partial charge in [-0.05, 0) is 12.8 Å². The van der Waals surface area contributed by atoms with Crippen molar-refractivity contribution in [1.29, 1.82) is 0 Å². The third-order valence-corrected chi connectivity index (χ3v) is 1.91. The summed E-state index contributed by atoms with van der Waals surface area (Å²) >= 11 is 0. The molecule has 1 atom stereocenters. The summed E-state index contributed by atoms with van der Waals surface area (Å²) in [7, 11) is 0. The normalized spacial score (nSPS) is 10.6. The maximum Gasteiger partial charge on any atom is 0.322 e. The standard InChI is InChI=1S/C6H14N4O2.C4H8N2O3/c7-4(5(11)12)2-1-3-10-6(8)9;5-1-3(7)6-2-4(8)9/h4H,1-3,7H2,(H,11,12)(H4,8,9,10);1-2,5H2,(H,6,7)(H,8,9)/t4-;/m0./s1. The van der Waals surface area contributed by atoms with Crippen molar-refractivity contribution >= 4 is 23.8 Å². The number of carboxylic acids is 2. The van der Waals surface area contributed by atoms with Gasteiger partial charge in [-0.15, -0.1) is 0 Å². The van der Waals surface area contributed by atoms with Crippen LogP contribution in [0.3, 0.4) is 0 Å². The molecule has 0 aromatic carbocycles. The van der Waals surface area contributed by atoms with Crippen molar-refractivity contribution in [3.8, 4) is 0 Å². The molecule has 1 amide bonds. The number of hydrogen-bond donors (Lipinski definition) is 7. The van der Waals surface area contributed by atoms with E-state index in [1.54, 1.807) is 0 Å². The van der Waals surface area contributed by atoms with Crippen LogP contribution in [0.2, 0.25) is 0 Å². The van der Waals surface area contributed by atoms with Crippen LogP contribution in [0.15, 0.2) is 4.99 Å². The highest BCUT2D eigenvalue weighted by molar-refractivity contribution is 5.82. The molecule has 11 heteroatoms. The molecule has 122 valence electrons. The van der Waals surface area contributed by atoms with Gasteiger partial charge in [0.15, 0.2) is 5.96 Å². The number of aliphatic carboxylic acids is 2.